The number of aliphatic hydroxyl groups excluding tert-OH is 1. The van der Waals surface area contributed by atoms with Crippen LogP contribution in [0.3, 0.4) is 0 Å². The van der Waals surface area contributed by atoms with Gasteiger partial charge in [-0.1, -0.05) is 30.7 Å². The van der Waals surface area contributed by atoms with E-state index in [0.29, 0.717) is 44.2 Å². The van der Waals surface area contributed by atoms with Crippen LogP contribution in [0.5, 0.6) is 0 Å². The second kappa shape index (κ2) is 9.18. The highest BCUT2D eigenvalue weighted by atomic mass is 35.5. The first-order valence-corrected chi connectivity index (χ1v) is 12.1. The van der Waals surface area contributed by atoms with Gasteiger partial charge in [0.2, 0.25) is 5.91 Å². The quantitative estimate of drug-likeness (QED) is 0.686. The zero-order chi connectivity index (χ0) is 23.1. The number of carbonyl (C=O) groups is 1. The van der Waals surface area contributed by atoms with Crippen LogP contribution in [0, 0.1) is 0 Å². The van der Waals surface area contributed by atoms with Crippen LogP contribution in [0.2, 0.25) is 5.02 Å². The smallest absolute Gasteiger partial charge is 0.231 e. The van der Waals surface area contributed by atoms with Crippen LogP contribution < -0.4 is 10.6 Å². The average Bonchev–Trinajstić information content (AvgIpc) is 3.10. The first-order valence-electron chi connectivity index (χ1n) is 11.7. The normalized spacial score (nSPS) is 24.5. The van der Waals surface area contributed by atoms with E-state index >= 15 is 0 Å². The Morgan fingerprint density at radius 1 is 1.18 bits per heavy atom. The number of hydrogen-bond acceptors (Lipinski definition) is 7. The van der Waals surface area contributed by atoms with E-state index in [-0.39, 0.29) is 23.8 Å². The second-order valence-electron chi connectivity index (χ2n) is 9.54. The van der Waals surface area contributed by atoms with Crippen LogP contribution in [0.1, 0.15) is 48.1 Å². The summed E-state index contributed by atoms with van der Waals surface area (Å²) >= 11 is 6.09. The lowest BCUT2D eigenvalue weighted by atomic mass is 9.94. The van der Waals surface area contributed by atoms with E-state index in [2.05, 4.69) is 26.7 Å². The Labute approximate surface area is 199 Å². The number of hydrogen-bond donors (Lipinski definition) is 2. The minimum Gasteiger partial charge on any atom is -0.387 e. The molecular formula is C24H31ClN6O2. The molecule has 1 amide bonds. The number of nitrogens with zero attached hydrogens (tertiary/aromatic N) is 5. The highest BCUT2D eigenvalue weighted by molar-refractivity contribution is 6.30. The summed E-state index contributed by atoms with van der Waals surface area (Å²) in [5.74, 6) is 1.04. The van der Waals surface area contributed by atoms with Crippen molar-refractivity contribution in [2.45, 2.75) is 37.3 Å². The fraction of sp³-hybridized carbons (Fsp3) is 0.542. The first-order chi connectivity index (χ1) is 15.9. The Balaban J connectivity index is 1.29. The molecule has 176 valence electrons. The molecule has 3 aliphatic rings. The third-order valence-corrected chi connectivity index (χ3v) is 7.42. The lowest BCUT2D eigenvalue weighted by molar-refractivity contribution is -0.134. The van der Waals surface area contributed by atoms with E-state index in [0.717, 1.165) is 35.7 Å². The molecule has 33 heavy (non-hydrogen) atoms. The Hall–Kier alpha value is -2.26. The third-order valence-electron chi connectivity index (χ3n) is 7.17. The SMILES string of the molecule is C[C@@H]1C[C@@H](O)c2ncnc(N3CCN(C(=O)[C@@H](CN4CC(N)C4)c4ccc(Cl)cc4)CC3)c21. The molecule has 0 spiro atoms. The standard InChI is InChI=1S/C24H31ClN6O2/c1-15-10-20(32)22-21(15)23(28-14-27-22)30-6-8-31(9-7-30)24(33)19(13-29-11-18(26)12-29)16-2-4-17(25)5-3-16/h2-5,14-15,18-20,32H,6-13,26H2,1H3/t15-,19+,20-/m1/s1. The molecular weight excluding hydrogens is 440 g/mol. The Kier molecular flexibility index (Phi) is 6.26. The van der Waals surface area contributed by atoms with E-state index in [1.807, 2.05) is 29.2 Å². The fourth-order valence-electron chi connectivity index (χ4n) is 5.35. The maximum absolute atomic E-state index is 13.6. The van der Waals surface area contributed by atoms with Crippen molar-refractivity contribution in [3.8, 4) is 0 Å². The minimum atomic E-state index is -0.519. The van der Waals surface area contributed by atoms with Crippen molar-refractivity contribution in [2.24, 2.45) is 5.73 Å². The topological polar surface area (TPSA) is 98.8 Å². The molecule has 2 saturated heterocycles. The molecule has 3 atom stereocenters. The summed E-state index contributed by atoms with van der Waals surface area (Å²) in [6.07, 6.45) is 1.71. The van der Waals surface area contributed by atoms with E-state index in [1.165, 1.54) is 0 Å². The number of rotatable bonds is 5. The first kappa shape index (κ1) is 22.5. The molecule has 1 aliphatic carbocycles. The van der Waals surface area contributed by atoms with Gasteiger partial charge in [-0.15, -0.1) is 0 Å². The summed E-state index contributed by atoms with van der Waals surface area (Å²) in [5, 5.41) is 11.0. The van der Waals surface area contributed by atoms with E-state index < -0.39 is 6.10 Å². The van der Waals surface area contributed by atoms with Crippen LogP contribution >= 0.6 is 11.6 Å². The molecule has 9 heteroatoms. The summed E-state index contributed by atoms with van der Waals surface area (Å²) < 4.78 is 0. The molecule has 2 aromatic rings. The largest absolute Gasteiger partial charge is 0.387 e. The Morgan fingerprint density at radius 3 is 2.55 bits per heavy atom. The summed E-state index contributed by atoms with van der Waals surface area (Å²) in [6, 6.07) is 7.81. The van der Waals surface area contributed by atoms with Crippen LogP contribution in [-0.4, -0.2) is 82.6 Å². The van der Waals surface area contributed by atoms with Gasteiger partial charge < -0.3 is 20.6 Å². The minimum absolute atomic E-state index is 0.147. The molecule has 0 saturated carbocycles. The van der Waals surface area contributed by atoms with Crippen molar-refractivity contribution in [1.82, 2.24) is 19.8 Å². The van der Waals surface area contributed by atoms with Gasteiger partial charge >= 0.3 is 0 Å². The maximum Gasteiger partial charge on any atom is 0.231 e. The number of nitrogens with two attached hydrogens (primary N) is 1. The highest BCUT2D eigenvalue weighted by Gasteiger charge is 2.36. The van der Waals surface area contributed by atoms with Crippen molar-refractivity contribution in [1.29, 1.82) is 0 Å². The van der Waals surface area contributed by atoms with E-state index in [4.69, 9.17) is 17.3 Å². The van der Waals surface area contributed by atoms with Crippen molar-refractivity contribution < 1.29 is 9.90 Å². The number of likely N-dealkylation sites (tertiary alicyclic amines) is 1. The van der Waals surface area contributed by atoms with E-state index in [1.54, 1.807) is 6.33 Å². The number of aromatic nitrogens is 2. The second-order valence-corrected chi connectivity index (χ2v) is 9.98. The van der Waals surface area contributed by atoms with Gasteiger partial charge in [0.25, 0.3) is 0 Å². The third kappa shape index (κ3) is 4.45. The average molecular weight is 471 g/mol. The number of benzene rings is 1. The molecule has 3 heterocycles. The van der Waals surface area contributed by atoms with Crippen LogP contribution in [-0.2, 0) is 4.79 Å². The van der Waals surface area contributed by atoms with Crippen molar-refractivity contribution in [2.75, 3.05) is 50.7 Å². The zero-order valence-corrected chi connectivity index (χ0v) is 19.7. The van der Waals surface area contributed by atoms with Gasteiger partial charge in [-0.3, -0.25) is 9.69 Å². The molecule has 2 fully saturated rings. The van der Waals surface area contributed by atoms with Crippen LogP contribution in [0.15, 0.2) is 30.6 Å². The van der Waals surface area contributed by atoms with Gasteiger partial charge in [0.05, 0.1) is 17.7 Å². The lowest BCUT2D eigenvalue weighted by Crippen LogP contribution is -2.58. The van der Waals surface area contributed by atoms with Gasteiger partial charge in [-0.2, -0.15) is 0 Å². The molecule has 1 aromatic carbocycles. The van der Waals surface area contributed by atoms with Gasteiger partial charge in [-0.25, -0.2) is 9.97 Å². The van der Waals surface area contributed by atoms with Crippen molar-refractivity contribution in [3.63, 3.8) is 0 Å². The molecule has 0 bridgehead atoms. The fourth-order valence-corrected chi connectivity index (χ4v) is 5.48. The summed E-state index contributed by atoms with van der Waals surface area (Å²) in [5.41, 5.74) is 8.76. The lowest BCUT2D eigenvalue weighted by Gasteiger charge is -2.41. The molecule has 2 aliphatic heterocycles. The number of halogens is 1. The Bertz CT molecular complexity index is 1000. The zero-order valence-electron chi connectivity index (χ0n) is 18.9. The molecule has 1 aromatic heterocycles. The summed E-state index contributed by atoms with van der Waals surface area (Å²) in [4.78, 5) is 28.9. The van der Waals surface area contributed by atoms with Crippen molar-refractivity contribution >= 4 is 23.3 Å². The predicted molar refractivity (Wildman–Crippen MR) is 127 cm³/mol. The monoisotopic (exact) mass is 470 g/mol. The summed E-state index contributed by atoms with van der Waals surface area (Å²) in [7, 11) is 0. The van der Waals surface area contributed by atoms with Crippen molar-refractivity contribution in [3.05, 3.63) is 52.4 Å². The number of anilines is 1. The van der Waals surface area contributed by atoms with Gasteiger partial charge in [0.15, 0.2) is 0 Å². The number of piperazine rings is 1. The Morgan fingerprint density at radius 2 is 1.88 bits per heavy atom. The number of carbonyl (C=O) groups excluding carboxylic acids is 1. The molecule has 0 unspecified atom stereocenters. The molecule has 5 rings (SSSR count). The number of amides is 1. The summed E-state index contributed by atoms with van der Waals surface area (Å²) in [6.45, 7) is 7.13. The molecule has 0 radical (unpaired) electrons. The van der Waals surface area contributed by atoms with Gasteiger partial charge in [-0.05, 0) is 30.0 Å². The highest BCUT2D eigenvalue weighted by Crippen LogP contribution is 2.42. The molecule has 8 nitrogen and oxygen atoms in total. The molecule has 3 N–H and O–H groups in total. The predicted octanol–water partition coefficient (Wildman–Crippen LogP) is 1.75. The number of aliphatic hydroxyl groups is 1. The van der Waals surface area contributed by atoms with Gasteiger partial charge in [0, 0.05) is 62.4 Å². The van der Waals surface area contributed by atoms with Crippen LogP contribution in [0.4, 0.5) is 5.82 Å². The van der Waals surface area contributed by atoms with Gasteiger partial charge in [0.1, 0.15) is 12.1 Å². The van der Waals surface area contributed by atoms with E-state index in [9.17, 15) is 9.90 Å². The van der Waals surface area contributed by atoms with Crippen LogP contribution in [0.25, 0.3) is 0 Å². The maximum atomic E-state index is 13.6. The number of fused-ring (bicyclic) bond motifs is 1.